The van der Waals surface area contributed by atoms with Gasteiger partial charge < -0.3 is 5.32 Å². The first-order chi connectivity index (χ1) is 8.33. The molecule has 0 radical (unpaired) electrons. The smallest absolute Gasteiger partial charge is 0.125 e. The summed E-state index contributed by atoms with van der Waals surface area (Å²) in [4.78, 5) is 0. The SMILES string of the molecule is Fc1ccc2c(c1)NCC(C1CCCCC1)C2. The molecule has 1 unspecified atom stereocenters. The van der Waals surface area contributed by atoms with Crippen LogP contribution in [0.15, 0.2) is 18.2 Å². The Kier molecular flexibility index (Phi) is 3.04. The number of benzene rings is 1. The van der Waals surface area contributed by atoms with Gasteiger partial charge in [-0.05, 0) is 36.0 Å². The lowest BCUT2D eigenvalue weighted by Crippen LogP contribution is -2.30. The van der Waals surface area contributed by atoms with Gasteiger partial charge in [0.15, 0.2) is 0 Å². The van der Waals surface area contributed by atoms with E-state index in [1.165, 1.54) is 37.7 Å². The summed E-state index contributed by atoms with van der Waals surface area (Å²) in [7, 11) is 0. The van der Waals surface area contributed by atoms with Crippen molar-refractivity contribution in [2.45, 2.75) is 38.5 Å². The molecule has 2 heteroatoms. The molecule has 0 saturated heterocycles. The first kappa shape index (κ1) is 11.1. The van der Waals surface area contributed by atoms with E-state index in [9.17, 15) is 4.39 Å². The highest BCUT2D eigenvalue weighted by molar-refractivity contribution is 5.53. The van der Waals surface area contributed by atoms with Crippen LogP contribution in [0.5, 0.6) is 0 Å². The maximum Gasteiger partial charge on any atom is 0.125 e. The quantitative estimate of drug-likeness (QED) is 0.773. The molecule has 1 N–H and O–H groups in total. The molecular weight excluding hydrogens is 213 g/mol. The van der Waals surface area contributed by atoms with Crippen LogP contribution in [0, 0.1) is 17.7 Å². The van der Waals surface area contributed by atoms with E-state index in [2.05, 4.69) is 5.32 Å². The van der Waals surface area contributed by atoms with Gasteiger partial charge in [-0.25, -0.2) is 4.39 Å². The van der Waals surface area contributed by atoms with Crippen molar-refractivity contribution in [1.82, 2.24) is 0 Å². The topological polar surface area (TPSA) is 12.0 Å². The zero-order valence-corrected chi connectivity index (χ0v) is 10.2. The van der Waals surface area contributed by atoms with Crippen LogP contribution in [0.2, 0.25) is 0 Å². The Bertz CT molecular complexity index is 396. The molecule has 1 saturated carbocycles. The Hall–Kier alpha value is -1.05. The number of nitrogens with one attached hydrogen (secondary N) is 1. The minimum Gasteiger partial charge on any atom is -0.384 e. The molecule has 1 aliphatic heterocycles. The minimum atomic E-state index is -0.132. The monoisotopic (exact) mass is 233 g/mol. The fourth-order valence-corrected chi connectivity index (χ4v) is 3.43. The molecular formula is C15H20FN. The van der Waals surface area contributed by atoms with Crippen LogP contribution in [0.25, 0.3) is 0 Å². The second-order valence-electron chi connectivity index (χ2n) is 5.54. The highest BCUT2D eigenvalue weighted by atomic mass is 19.1. The van der Waals surface area contributed by atoms with E-state index in [-0.39, 0.29) is 5.82 Å². The lowest BCUT2D eigenvalue weighted by atomic mass is 9.76. The van der Waals surface area contributed by atoms with Crippen molar-refractivity contribution in [3.8, 4) is 0 Å². The fourth-order valence-electron chi connectivity index (χ4n) is 3.43. The molecule has 0 spiro atoms. The first-order valence-electron chi connectivity index (χ1n) is 6.85. The molecule has 1 fully saturated rings. The van der Waals surface area contributed by atoms with Crippen LogP contribution in [-0.2, 0) is 6.42 Å². The van der Waals surface area contributed by atoms with E-state index in [1.807, 2.05) is 6.07 Å². The molecule has 17 heavy (non-hydrogen) atoms. The molecule has 2 aliphatic rings. The molecule has 92 valence electrons. The van der Waals surface area contributed by atoms with Crippen LogP contribution >= 0.6 is 0 Å². The number of rotatable bonds is 1. The van der Waals surface area contributed by atoms with E-state index in [4.69, 9.17) is 0 Å². The Morgan fingerprint density at radius 3 is 2.71 bits per heavy atom. The number of hydrogen-bond donors (Lipinski definition) is 1. The van der Waals surface area contributed by atoms with Crippen LogP contribution in [0.1, 0.15) is 37.7 Å². The van der Waals surface area contributed by atoms with Crippen LogP contribution in [0.4, 0.5) is 10.1 Å². The normalized spacial score (nSPS) is 25.1. The maximum absolute atomic E-state index is 13.1. The standard InChI is InChI=1S/C15H20FN/c16-14-7-6-12-8-13(10-17-15(12)9-14)11-4-2-1-3-5-11/h6-7,9,11,13,17H,1-5,8,10H2. The maximum atomic E-state index is 13.1. The number of fused-ring (bicyclic) bond motifs is 1. The summed E-state index contributed by atoms with van der Waals surface area (Å²) in [5, 5.41) is 3.41. The zero-order valence-electron chi connectivity index (χ0n) is 10.2. The lowest BCUT2D eigenvalue weighted by Gasteiger charge is -2.34. The summed E-state index contributed by atoms with van der Waals surface area (Å²) in [6.07, 6.45) is 8.13. The van der Waals surface area contributed by atoms with E-state index in [0.717, 1.165) is 30.5 Å². The molecule has 1 atom stereocenters. The van der Waals surface area contributed by atoms with Gasteiger partial charge in [0.2, 0.25) is 0 Å². The zero-order chi connectivity index (χ0) is 11.7. The summed E-state index contributed by atoms with van der Waals surface area (Å²) in [5.41, 5.74) is 2.31. The van der Waals surface area contributed by atoms with E-state index in [1.54, 1.807) is 12.1 Å². The second kappa shape index (κ2) is 4.67. The summed E-state index contributed by atoms with van der Waals surface area (Å²) < 4.78 is 13.1. The summed E-state index contributed by atoms with van der Waals surface area (Å²) in [6, 6.07) is 5.17. The van der Waals surface area contributed by atoms with Gasteiger partial charge in [0.1, 0.15) is 5.82 Å². The van der Waals surface area contributed by atoms with Crippen molar-refractivity contribution in [3.63, 3.8) is 0 Å². The third kappa shape index (κ3) is 2.31. The third-order valence-electron chi connectivity index (χ3n) is 4.43. The van der Waals surface area contributed by atoms with Crippen molar-refractivity contribution >= 4 is 5.69 Å². The van der Waals surface area contributed by atoms with Gasteiger partial charge in [-0.1, -0.05) is 38.2 Å². The average molecular weight is 233 g/mol. The predicted octanol–water partition coefficient (Wildman–Crippen LogP) is 3.99. The second-order valence-corrected chi connectivity index (χ2v) is 5.54. The fraction of sp³-hybridized carbons (Fsp3) is 0.600. The Morgan fingerprint density at radius 2 is 1.88 bits per heavy atom. The third-order valence-corrected chi connectivity index (χ3v) is 4.43. The number of halogens is 1. The summed E-state index contributed by atoms with van der Waals surface area (Å²) >= 11 is 0. The van der Waals surface area contributed by atoms with Crippen LogP contribution < -0.4 is 5.32 Å². The van der Waals surface area contributed by atoms with Gasteiger partial charge in [0.25, 0.3) is 0 Å². The summed E-state index contributed by atoms with van der Waals surface area (Å²) in [6.45, 7) is 1.03. The molecule has 0 amide bonds. The predicted molar refractivity (Wildman–Crippen MR) is 68.7 cm³/mol. The number of hydrogen-bond acceptors (Lipinski definition) is 1. The highest BCUT2D eigenvalue weighted by Gasteiger charge is 2.27. The van der Waals surface area contributed by atoms with Gasteiger partial charge >= 0.3 is 0 Å². The molecule has 0 bridgehead atoms. The Balaban J connectivity index is 1.73. The van der Waals surface area contributed by atoms with E-state index >= 15 is 0 Å². The van der Waals surface area contributed by atoms with Crippen LogP contribution in [-0.4, -0.2) is 6.54 Å². The van der Waals surface area contributed by atoms with Gasteiger partial charge in [-0.15, -0.1) is 0 Å². The summed E-state index contributed by atoms with van der Waals surface area (Å²) in [5.74, 6) is 1.51. The van der Waals surface area contributed by atoms with E-state index < -0.39 is 0 Å². The molecule has 1 aromatic rings. The Labute approximate surface area is 102 Å². The highest BCUT2D eigenvalue weighted by Crippen LogP contribution is 2.36. The molecule has 0 aromatic heterocycles. The average Bonchev–Trinajstić information content (AvgIpc) is 2.39. The molecule has 1 heterocycles. The van der Waals surface area contributed by atoms with Gasteiger partial charge in [-0.3, -0.25) is 0 Å². The van der Waals surface area contributed by atoms with Crippen molar-refractivity contribution in [1.29, 1.82) is 0 Å². The molecule has 1 nitrogen and oxygen atoms in total. The van der Waals surface area contributed by atoms with Gasteiger partial charge in [0.05, 0.1) is 0 Å². The lowest BCUT2D eigenvalue weighted by molar-refractivity contribution is 0.252. The van der Waals surface area contributed by atoms with Gasteiger partial charge in [0, 0.05) is 12.2 Å². The van der Waals surface area contributed by atoms with Crippen molar-refractivity contribution in [2.24, 2.45) is 11.8 Å². The van der Waals surface area contributed by atoms with Crippen molar-refractivity contribution in [3.05, 3.63) is 29.6 Å². The molecule has 3 rings (SSSR count). The molecule has 1 aromatic carbocycles. The molecule has 1 aliphatic carbocycles. The van der Waals surface area contributed by atoms with Crippen LogP contribution in [0.3, 0.4) is 0 Å². The largest absolute Gasteiger partial charge is 0.384 e. The van der Waals surface area contributed by atoms with E-state index in [0.29, 0.717) is 0 Å². The number of anilines is 1. The van der Waals surface area contributed by atoms with Crippen molar-refractivity contribution in [2.75, 3.05) is 11.9 Å². The minimum absolute atomic E-state index is 0.132. The first-order valence-corrected chi connectivity index (χ1v) is 6.85. The Morgan fingerprint density at radius 1 is 1.06 bits per heavy atom. The van der Waals surface area contributed by atoms with Gasteiger partial charge in [-0.2, -0.15) is 0 Å². The van der Waals surface area contributed by atoms with Crippen molar-refractivity contribution < 1.29 is 4.39 Å².